The van der Waals surface area contributed by atoms with E-state index in [-0.39, 0.29) is 22.5 Å². The van der Waals surface area contributed by atoms with Crippen LogP contribution in [0.5, 0.6) is 0 Å². The number of hydrazone groups is 1. The number of nitrogens with one attached hydrogen (secondary N) is 1. The third-order valence-electron chi connectivity index (χ3n) is 4.58. The van der Waals surface area contributed by atoms with Gasteiger partial charge in [-0.2, -0.15) is 5.10 Å². The maximum absolute atomic E-state index is 12.2. The molecule has 2 aliphatic rings. The van der Waals surface area contributed by atoms with E-state index >= 15 is 0 Å². The second-order valence-electron chi connectivity index (χ2n) is 5.45. The van der Waals surface area contributed by atoms with Crippen molar-refractivity contribution < 1.29 is 9.59 Å². The largest absolute Gasteiger partial charge is 0.350 e. The van der Waals surface area contributed by atoms with E-state index in [9.17, 15) is 9.59 Å². The van der Waals surface area contributed by atoms with E-state index in [2.05, 4.69) is 24.4 Å². The van der Waals surface area contributed by atoms with Crippen molar-refractivity contribution in [3.63, 3.8) is 0 Å². The van der Waals surface area contributed by atoms with Gasteiger partial charge in [-0.1, -0.05) is 20.8 Å². The van der Waals surface area contributed by atoms with Gasteiger partial charge in [0.25, 0.3) is 0 Å². The van der Waals surface area contributed by atoms with Gasteiger partial charge in [-0.25, -0.2) is 10.2 Å². The minimum absolute atomic E-state index is 0.0579. The van der Waals surface area contributed by atoms with Gasteiger partial charge in [-0.3, -0.25) is 4.79 Å². The van der Waals surface area contributed by atoms with Gasteiger partial charge >= 0.3 is 6.03 Å². The topological polar surface area (TPSA) is 84.6 Å². The quantitative estimate of drug-likeness (QED) is 0.651. The van der Waals surface area contributed by atoms with Crippen LogP contribution >= 0.6 is 0 Å². The van der Waals surface area contributed by atoms with Gasteiger partial charge < -0.3 is 5.73 Å². The van der Waals surface area contributed by atoms with Crippen molar-refractivity contribution in [3.05, 3.63) is 0 Å². The fraction of sp³-hybridized carbons (Fsp3) is 0.727. The lowest BCUT2D eigenvalue weighted by Crippen LogP contribution is -2.34. The Bertz CT molecular complexity index is 400. The van der Waals surface area contributed by atoms with Crippen LogP contribution < -0.4 is 11.2 Å². The zero-order valence-electron chi connectivity index (χ0n) is 9.83. The van der Waals surface area contributed by atoms with Crippen LogP contribution in [0.3, 0.4) is 0 Å². The van der Waals surface area contributed by atoms with E-state index in [4.69, 9.17) is 5.73 Å². The Morgan fingerprint density at radius 2 is 2.12 bits per heavy atom. The van der Waals surface area contributed by atoms with E-state index in [0.717, 1.165) is 12.8 Å². The Morgan fingerprint density at radius 3 is 2.56 bits per heavy atom. The normalized spacial score (nSPS) is 38.1. The zero-order chi connectivity index (χ0) is 12.1. The van der Waals surface area contributed by atoms with Crippen LogP contribution in [0.25, 0.3) is 0 Å². The van der Waals surface area contributed by atoms with E-state index in [1.165, 1.54) is 0 Å². The average molecular weight is 223 g/mol. The van der Waals surface area contributed by atoms with E-state index in [1.54, 1.807) is 0 Å². The molecule has 0 aromatic rings. The number of hydrogen-bond donors (Lipinski definition) is 2. The highest BCUT2D eigenvalue weighted by Crippen LogP contribution is 2.62. The molecule has 0 radical (unpaired) electrons. The van der Waals surface area contributed by atoms with Crippen LogP contribution in [-0.2, 0) is 4.79 Å². The molecule has 5 heteroatoms. The molecule has 0 spiro atoms. The molecule has 0 saturated heterocycles. The first kappa shape index (κ1) is 11.1. The summed E-state index contributed by atoms with van der Waals surface area (Å²) < 4.78 is 0. The van der Waals surface area contributed by atoms with E-state index < -0.39 is 6.03 Å². The summed E-state index contributed by atoms with van der Waals surface area (Å²) in [5.74, 6) is 0.194. The SMILES string of the molecule is CC1(C)[C@@H]2CC[C@@]1(C)C(=O)C2=NNC(N)=O. The summed E-state index contributed by atoms with van der Waals surface area (Å²) >= 11 is 0. The molecule has 3 N–H and O–H groups in total. The molecule has 0 aliphatic heterocycles. The average Bonchev–Trinajstić information content (AvgIpc) is 2.47. The van der Waals surface area contributed by atoms with E-state index in [1.807, 2.05) is 6.92 Å². The predicted molar refractivity (Wildman–Crippen MR) is 59.8 cm³/mol. The fourth-order valence-corrected chi connectivity index (χ4v) is 3.07. The number of urea groups is 1. The van der Waals surface area contributed by atoms with Crippen molar-refractivity contribution in [2.75, 3.05) is 0 Å². The standard InChI is InChI=1S/C11H17N3O2/c1-10(2)6-4-5-11(10,3)8(15)7(6)13-14-9(12)16/h6H,4-5H2,1-3H3,(H3,12,14,16)/t6-,11+/m1/s1. The molecule has 2 bridgehead atoms. The number of nitrogens with two attached hydrogens (primary N) is 1. The summed E-state index contributed by atoms with van der Waals surface area (Å²) in [4.78, 5) is 22.8. The lowest BCUT2D eigenvalue weighted by atomic mass is 9.70. The van der Waals surface area contributed by atoms with Gasteiger partial charge in [0, 0.05) is 11.3 Å². The number of nitrogens with zero attached hydrogens (tertiary/aromatic N) is 1. The molecule has 2 atom stereocenters. The van der Waals surface area contributed by atoms with Gasteiger partial charge in [0.05, 0.1) is 0 Å². The molecule has 88 valence electrons. The van der Waals surface area contributed by atoms with Crippen molar-refractivity contribution in [2.45, 2.75) is 33.6 Å². The number of primary amides is 1. The molecular weight excluding hydrogens is 206 g/mol. The highest BCUT2D eigenvalue weighted by molar-refractivity contribution is 6.45. The first-order valence-electron chi connectivity index (χ1n) is 5.48. The minimum atomic E-state index is -0.731. The van der Waals surface area contributed by atoms with Crippen LogP contribution in [0.15, 0.2) is 5.10 Å². The summed E-state index contributed by atoms with van der Waals surface area (Å²) in [5, 5.41) is 3.87. The molecule has 2 amide bonds. The number of carbonyl (C=O) groups excluding carboxylic acids is 2. The van der Waals surface area contributed by atoms with Gasteiger partial charge in [0.1, 0.15) is 5.71 Å². The molecule has 5 nitrogen and oxygen atoms in total. The molecular formula is C11H17N3O2. The van der Waals surface area contributed by atoms with Gasteiger partial charge in [0.2, 0.25) is 0 Å². The summed E-state index contributed by atoms with van der Waals surface area (Å²) in [7, 11) is 0. The molecule has 2 aliphatic carbocycles. The Kier molecular flexibility index (Phi) is 2.12. The number of hydrogen-bond acceptors (Lipinski definition) is 3. The Balaban J connectivity index is 2.37. The third kappa shape index (κ3) is 1.14. The Hall–Kier alpha value is -1.39. The van der Waals surface area contributed by atoms with Crippen molar-refractivity contribution in [1.29, 1.82) is 0 Å². The smallest absolute Gasteiger partial charge is 0.332 e. The second kappa shape index (κ2) is 3.06. The monoisotopic (exact) mass is 223 g/mol. The molecule has 0 heterocycles. The van der Waals surface area contributed by atoms with Crippen molar-refractivity contribution in [3.8, 4) is 0 Å². The molecule has 2 saturated carbocycles. The fourth-order valence-electron chi connectivity index (χ4n) is 3.07. The Morgan fingerprint density at radius 1 is 1.50 bits per heavy atom. The van der Waals surface area contributed by atoms with Gasteiger partial charge in [-0.05, 0) is 18.3 Å². The lowest BCUT2D eigenvalue weighted by Gasteiger charge is -2.31. The molecule has 2 fully saturated rings. The molecule has 0 unspecified atom stereocenters. The van der Waals surface area contributed by atoms with Crippen LogP contribution in [0.1, 0.15) is 33.6 Å². The van der Waals surface area contributed by atoms with E-state index in [0.29, 0.717) is 5.71 Å². The number of rotatable bonds is 1. The summed E-state index contributed by atoms with van der Waals surface area (Å²) in [5.41, 5.74) is 7.18. The first-order chi connectivity index (χ1) is 7.30. The molecule has 0 aromatic heterocycles. The Labute approximate surface area is 94.5 Å². The number of amides is 2. The predicted octanol–water partition coefficient (Wildman–Crippen LogP) is 1.04. The van der Waals surface area contributed by atoms with Gasteiger partial charge in [-0.15, -0.1) is 0 Å². The zero-order valence-corrected chi connectivity index (χ0v) is 9.83. The van der Waals surface area contributed by atoms with Crippen molar-refractivity contribution in [1.82, 2.24) is 5.43 Å². The van der Waals surface area contributed by atoms with Crippen LogP contribution in [-0.4, -0.2) is 17.5 Å². The molecule has 2 rings (SSSR count). The lowest BCUT2D eigenvalue weighted by molar-refractivity contribution is -0.123. The van der Waals surface area contributed by atoms with Crippen LogP contribution in [0.2, 0.25) is 0 Å². The maximum Gasteiger partial charge on any atom is 0.332 e. The molecule has 0 aromatic carbocycles. The summed E-state index contributed by atoms with van der Waals surface area (Å²) in [6.07, 6.45) is 1.85. The minimum Gasteiger partial charge on any atom is -0.350 e. The van der Waals surface area contributed by atoms with Crippen LogP contribution in [0, 0.1) is 16.7 Å². The highest BCUT2D eigenvalue weighted by atomic mass is 16.2. The summed E-state index contributed by atoms with van der Waals surface area (Å²) in [6.45, 7) is 6.17. The highest BCUT2D eigenvalue weighted by Gasteiger charge is 2.65. The number of ketones is 1. The third-order valence-corrected chi connectivity index (χ3v) is 4.58. The van der Waals surface area contributed by atoms with Crippen molar-refractivity contribution in [2.24, 2.45) is 27.6 Å². The number of carbonyl (C=O) groups is 2. The first-order valence-corrected chi connectivity index (χ1v) is 5.48. The number of fused-ring (bicyclic) bond motifs is 2. The van der Waals surface area contributed by atoms with Crippen molar-refractivity contribution >= 4 is 17.5 Å². The van der Waals surface area contributed by atoms with Gasteiger partial charge in [0.15, 0.2) is 5.78 Å². The molecule has 16 heavy (non-hydrogen) atoms. The van der Waals surface area contributed by atoms with Crippen LogP contribution in [0.4, 0.5) is 4.79 Å². The summed E-state index contributed by atoms with van der Waals surface area (Å²) in [6, 6.07) is -0.731. The number of Topliss-reactive ketones (excluding diaryl/α,β-unsaturated/α-hetero) is 1. The maximum atomic E-state index is 12.2. The second-order valence-corrected chi connectivity index (χ2v) is 5.45.